The van der Waals surface area contributed by atoms with Gasteiger partial charge in [0, 0.05) is 44.4 Å². The maximum absolute atomic E-state index is 14.5. The Morgan fingerprint density at radius 1 is 0.933 bits per heavy atom. The molecule has 1 aliphatic heterocycles. The summed E-state index contributed by atoms with van der Waals surface area (Å²) in [5.41, 5.74) is 5.88. The highest BCUT2D eigenvalue weighted by atomic mass is 16.5. The molecule has 0 bridgehead atoms. The van der Waals surface area contributed by atoms with Gasteiger partial charge in [0.2, 0.25) is 17.7 Å². The van der Waals surface area contributed by atoms with E-state index in [9.17, 15) is 9.59 Å². The average Bonchev–Trinajstić information content (AvgIpc) is 3.64. The lowest BCUT2D eigenvalue weighted by Gasteiger charge is -2.37. The Balaban J connectivity index is 1.33. The molecule has 1 aliphatic rings. The van der Waals surface area contributed by atoms with Crippen LogP contribution in [-0.2, 0) is 35.5 Å². The van der Waals surface area contributed by atoms with Gasteiger partial charge in [-0.1, -0.05) is 71.9 Å². The molecule has 0 saturated carbocycles. The van der Waals surface area contributed by atoms with Crippen LogP contribution in [-0.4, -0.2) is 61.3 Å². The SMILES string of the molecule is COc1ccc(C=CC(=O)N(Cc2ccc(-n3ccnn3)cc2)[C@@H](Cc2ccccc2)C(=O)N2CCc3ccccc3C2)cn1. The lowest BCUT2D eigenvalue weighted by atomic mass is 9.97. The third-order valence-electron chi connectivity index (χ3n) is 8.02. The molecule has 0 saturated heterocycles. The van der Waals surface area contributed by atoms with Gasteiger partial charge >= 0.3 is 0 Å². The molecule has 2 aromatic heterocycles. The minimum absolute atomic E-state index is 0.0690. The second-order valence-corrected chi connectivity index (χ2v) is 10.9. The molecule has 9 heteroatoms. The van der Waals surface area contributed by atoms with Crippen LogP contribution in [0.5, 0.6) is 5.88 Å². The second-order valence-electron chi connectivity index (χ2n) is 10.9. The second kappa shape index (κ2) is 13.8. The zero-order chi connectivity index (χ0) is 31.0. The highest BCUT2D eigenvalue weighted by molar-refractivity contribution is 5.95. The summed E-state index contributed by atoms with van der Waals surface area (Å²) in [5, 5.41) is 7.95. The first-order valence-corrected chi connectivity index (χ1v) is 14.9. The van der Waals surface area contributed by atoms with Crippen molar-refractivity contribution in [3.8, 4) is 11.6 Å². The molecule has 3 aromatic carbocycles. The van der Waals surface area contributed by atoms with Gasteiger partial charge in [0.15, 0.2) is 0 Å². The van der Waals surface area contributed by atoms with Crippen LogP contribution in [0.4, 0.5) is 0 Å². The van der Waals surface area contributed by atoms with Crippen LogP contribution < -0.4 is 4.74 Å². The summed E-state index contributed by atoms with van der Waals surface area (Å²) in [6, 6.07) is 28.7. The zero-order valence-electron chi connectivity index (χ0n) is 25.1. The fourth-order valence-electron chi connectivity index (χ4n) is 5.58. The number of rotatable bonds is 10. The number of methoxy groups -OCH3 is 1. The van der Waals surface area contributed by atoms with E-state index in [1.807, 2.05) is 77.7 Å². The molecule has 3 heterocycles. The predicted octanol–water partition coefficient (Wildman–Crippen LogP) is 4.91. The number of hydrogen-bond donors (Lipinski definition) is 0. The molecular formula is C36H34N6O3. The summed E-state index contributed by atoms with van der Waals surface area (Å²) in [7, 11) is 1.56. The molecule has 0 unspecified atom stereocenters. The van der Waals surface area contributed by atoms with Crippen molar-refractivity contribution in [1.29, 1.82) is 0 Å². The molecular weight excluding hydrogens is 564 g/mol. The van der Waals surface area contributed by atoms with E-state index in [0.717, 1.165) is 34.4 Å². The van der Waals surface area contributed by atoms with Crippen LogP contribution in [0.15, 0.2) is 116 Å². The fraction of sp³-hybridized carbons (Fsp3) is 0.194. The third-order valence-corrected chi connectivity index (χ3v) is 8.02. The number of pyridine rings is 1. The monoisotopic (exact) mass is 598 g/mol. The summed E-state index contributed by atoms with van der Waals surface area (Å²) >= 11 is 0. The number of aromatic nitrogens is 4. The summed E-state index contributed by atoms with van der Waals surface area (Å²) < 4.78 is 6.84. The van der Waals surface area contributed by atoms with E-state index in [2.05, 4.69) is 27.4 Å². The summed E-state index contributed by atoms with van der Waals surface area (Å²) in [6.07, 6.45) is 9.45. The van der Waals surface area contributed by atoms with Crippen molar-refractivity contribution in [1.82, 2.24) is 29.8 Å². The normalized spacial score (nSPS) is 13.3. The van der Waals surface area contributed by atoms with E-state index in [1.54, 1.807) is 47.4 Å². The highest BCUT2D eigenvalue weighted by Gasteiger charge is 2.34. The third kappa shape index (κ3) is 7.15. The van der Waals surface area contributed by atoms with Gasteiger partial charge in [0.25, 0.3) is 0 Å². The van der Waals surface area contributed by atoms with Gasteiger partial charge in [0.1, 0.15) is 6.04 Å². The van der Waals surface area contributed by atoms with Crippen molar-refractivity contribution < 1.29 is 14.3 Å². The summed E-state index contributed by atoms with van der Waals surface area (Å²) in [6.45, 7) is 1.36. The lowest BCUT2D eigenvalue weighted by Crippen LogP contribution is -2.52. The number of fused-ring (bicyclic) bond motifs is 1. The number of nitrogens with zero attached hydrogens (tertiary/aromatic N) is 6. The van der Waals surface area contributed by atoms with Gasteiger partial charge in [0.05, 0.1) is 25.2 Å². The number of carbonyl (C=O) groups is 2. The van der Waals surface area contributed by atoms with Crippen LogP contribution in [0.2, 0.25) is 0 Å². The Kier molecular flexibility index (Phi) is 9.06. The quantitative estimate of drug-likeness (QED) is 0.212. The van der Waals surface area contributed by atoms with Crippen molar-refractivity contribution in [3.63, 3.8) is 0 Å². The molecule has 0 spiro atoms. The van der Waals surface area contributed by atoms with E-state index in [4.69, 9.17) is 4.74 Å². The first-order chi connectivity index (χ1) is 22.1. The number of benzene rings is 3. The average molecular weight is 599 g/mol. The van der Waals surface area contributed by atoms with Crippen molar-refractivity contribution in [3.05, 3.63) is 143 Å². The molecule has 5 aromatic rings. The van der Waals surface area contributed by atoms with Crippen molar-refractivity contribution in [2.45, 2.75) is 32.0 Å². The van der Waals surface area contributed by atoms with Gasteiger partial charge in [-0.3, -0.25) is 9.59 Å². The van der Waals surface area contributed by atoms with Gasteiger partial charge in [-0.2, -0.15) is 0 Å². The molecule has 0 fully saturated rings. The summed E-state index contributed by atoms with van der Waals surface area (Å²) in [4.78, 5) is 36.4. The van der Waals surface area contributed by atoms with Gasteiger partial charge in [-0.25, -0.2) is 9.67 Å². The largest absolute Gasteiger partial charge is 0.481 e. The van der Waals surface area contributed by atoms with Crippen LogP contribution in [0.1, 0.15) is 27.8 Å². The highest BCUT2D eigenvalue weighted by Crippen LogP contribution is 2.23. The molecule has 0 aliphatic carbocycles. The van der Waals surface area contributed by atoms with Crippen molar-refractivity contribution in [2.24, 2.45) is 0 Å². The molecule has 226 valence electrons. The smallest absolute Gasteiger partial charge is 0.247 e. The Hall–Kier alpha value is -5.57. The molecule has 0 radical (unpaired) electrons. The minimum atomic E-state index is -0.723. The van der Waals surface area contributed by atoms with Crippen LogP contribution in [0.3, 0.4) is 0 Å². The van der Waals surface area contributed by atoms with Crippen LogP contribution in [0, 0.1) is 0 Å². The minimum Gasteiger partial charge on any atom is -0.481 e. The van der Waals surface area contributed by atoms with Gasteiger partial charge in [-0.15, -0.1) is 5.10 Å². The fourth-order valence-corrected chi connectivity index (χ4v) is 5.58. The number of carbonyl (C=O) groups excluding carboxylic acids is 2. The maximum Gasteiger partial charge on any atom is 0.247 e. The molecule has 1 atom stereocenters. The molecule has 6 rings (SSSR count). The number of amides is 2. The Morgan fingerprint density at radius 3 is 2.42 bits per heavy atom. The van der Waals surface area contributed by atoms with E-state index in [-0.39, 0.29) is 18.4 Å². The standard InChI is InChI=1S/C36H34N6O3/c1-45-34-17-13-28(24-37-34)14-18-35(43)41(25-29-11-15-32(16-12-29)42-22-20-38-39-42)33(23-27-7-3-2-4-8-27)36(44)40-21-19-30-9-5-6-10-31(30)26-40/h2-18,20,22,24,33H,19,21,23,25-26H2,1H3/t33-/m0/s1. The molecule has 9 nitrogen and oxygen atoms in total. The molecule has 0 N–H and O–H groups in total. The first-order valence-electron chi connectivity index (χ1n) is 14.9. The summed E-state index contributed by atoms with van der Waals surface area (Å²) in [5.74, 6) is 0.157. The number of hydrogen-bond acceptors (Lipinski definition) is 6. The predicted molar refractivity (Wildman–Crippen MR) is 171 cm³/mol. The van der Waals surface area contributed by atoms with E-state index in [1.165, 1.54) is 11.6 Å². The van der Waals surface area contributed by atoms with E-state index >= 15 is 0 Å². The Bertz CT molecular complexity index is 1750. The lowest BCUT2D eigenvalue weighted by molar-refractivity contribution is -0.144. The number of ether oxygens (including phenoxy) is 1. The molecule has 2 amide bonds. The first kappa shape index (κ1) is 29.5. The zero-order valence-corrected chi connectivity index (χ0v) is 25.1. The van der Waals surface area contributed by atoms with Crippen molar-refractivity contribution >= 4 is 17.9 Å². The topological polar surface area (TPSA) is 93.4 Å². The van der Waals surface area contributed by atoms with Crippen molar-refractivity contribution in [2.75, 3.05) is 13.7 Å². The van der Waals surface area contributed by atoms with E-state index in [0.29, 0.717) is 25.4 Å². The van der Waals surface area contributed by atoms with E-state index < -0.39 is 6.04 Å². The van der Waals surface area contributed by atoms with Crippen LogP contribution in [0.25, 0.3) is 11.8 Å². The molecule has 45 heavy (non-hydrogen) atoms. The Labute approximate surface area is 262 Å². The van der Waals surface area contributed by atoms with Gasteiger partial charge in [-0.05, 0) is 58.5 Å². The Morgan fingerprint density at radius 2 is 1.71 bits per heavy atom. The van der Waals surface area contributed by atoms with Gasteiger partial charge < -0.3 is 14.5 Å². The van der Waals surface area contributed by atoms with Crippen LogP contribution >= 0.6 is 0 Å². The maximum atomic E-state index is 14.5.